The molecule has 2 aliphatic rings. The standard InChI is InChI=1S/C24H36N2O3/c1-19(2)25(16-11-20-9-3-4-10-21(20)27)14-7-8-15-26-22(28)17-24(18-23(26)29)12-5-6-13-24/h3-4,9-10,19,27H,5-8,11-18H2,1-2H3. The van der Waals surface area contributed by atoms with Crippen molar-refractivity contribution < 1.29 is 14.7 Å². The van der Waals surface area contributed by atoms with Gasteiger partial charge in [-0.05, 0) is 69.5 Å². The Morgan fingerprint density at radius 3 is 2.31 bits per heavy atom. The molecule has 1 N–H and O–H groups in total. The summed E-state index contributed by atoms with van der Waals surface area (Å²) in [6, 6.07) is 7.92. The minimum absolute atomic E-state index is 0.0118. The van der Waals surface area contributed by atoms with Crippen LogP contribution in [0.3, 0.4) is 0 Å². The number of piperidine rings is 1. The minimum Gasteiger partial charge on any atom is -0.508 e. The van der Waals surface area contributed by atoms with E-state index in [2.05, 4.69) is 18.7 Å². The Labute approximate surface area is 175 Å². The maximum absolute atomic E-state index is 12.6. The van der Waals surface area contributed by atoms with Gasteiger partial charge < -0.3 is 10.0 Å². The number of hydrogen-bond acceptors (Lipinski definition) is 4. The number of phenols is 1. The van der Waals surface area contributed by atoms with Gasteiger partial charge in [-0.3, -0.25) is 14.5 Å². The van der Waals surface area contributed by atoms with Crippen LogP contribution >= 0.6 is 0 Å². The predicted molar refractivity (Wildman–Crippen MR) is 115 cm³/mol. The monoisotopic (exact) mass is 400 g/mol. The first-order valence-corrected chi connectivity index (χ1v) is 11.2. The largest absolute Gasteiger partial charge is 0.508 e. The average molecular weight is 401 g/mol. The highest BCUT2D eigenvalue weighted by Gasteiger charge is 2.44. The topological polar surface area (TPSA) is 60.9 Å². The van der Waals surface area contributed by atoms with E-state index in [1.165, 1.54) is 4.90 Å². The number of imide groups is 1. The van der Waals surface area contributed by atoms with E-state index >= 15 is 0 Å². The van der Waals surface area contributed by atoms with Crippen molar-refractivity contribution in [2.24, 2.45) is 5.41 Å². The molecule has 1 saturated carbocycles. The molecular weight excluding hydrogens is 364 g/mol. The highest BCUT2D eigenvalue weighted by molar-refractivity contribution is 5.98. The molecule has 1 heterocycles. The molecule has 2 fully saturated rings. The van der Waals surface area contributed by atoms with E-state index in [0.717, 1.165) is 63.6 Å². The van der Waals surface area contributed by atoms with E-state index in [0.29, 0.717) is 31.2 Å². The van der Waals surface area contributed by atoms with Gasteiger partial charge in [-0.1, -0.05) is 31.0 Å². The number of benzene rings is 1. The highest BCUT2D eigenvalue weighted by Crippen LogP contribution is 2.46. The first kappa shape index (κ1) is 21.8. The van der Waals surface area contributed by atoms with Crippen molar-refractivity contribution in [3.8, 4) is 5.75 Å². The number of phenolic OH excluding ortho intramolecular Hbond substituents is 1. The van der Waals surface area contributed by atoms with Crippen molar-refractivity contribution in [3.63, 3.8) is 0 Å². The fourth-order valence-corrected chi connectivity index (χ4v) is 4.96. The lowest BCUT2D eigenvalue weighted by Gasteiger charge is -2.37. The van der Waals surface area contributed by atoms with Gasteiger partial charge in [0.1, 0.15) is 5.75 Å². The first-order chi connectivity index (χ1) is 13.9. The van der Waals surface area contributed by atoms with Gasteiger partial charge in [0.2, 0.25) is 11.8 Å². The maximum Gasteiger partial charge on any atom is 0.229 e. The van der Waals surface area contributed by atoms with Crippen LogP contribution in [0.15, 0.2) is 24.3 Å². The molecule has 0 aromatic heterocycles. The summed E-state index contributed by atoms with van der Waals surface area (Å²) in [6.45, 7) is 6.75. The Balaban J connectivity index is 1.42. The van der Waals surface area contributed by atoms with E-state index in [4.69, 9.17) is 0 Å². The van der Waals surface area contributed by atoms with E-state index in [9.17, 15) is 14.7 Å². The number of aromatic hydroxyl groups is 1. The number of unbranched alkanes of at least 4 members (excludes halogenated alkanes) is 1. The number of hydrogen-bond donors (Lipinski definition) is 1. The molecule has 0 unspecified atom stereocenters. The molecule has 1 aliphatic heterocycles. The van der Waals surface area contributed by atoms with Crippen LogP contribution in [-0.2, 0) is 16.0 Å². The number of carbonyl (C=O) groups is 2. The van der Waals surface area contributed by atoms with E-state index in [-0.39, 0.29) is 17.2 Å². The van der Waals surface area contributed by atoms with Gasteiger partial charge >= 0.3 is 0 Å². The molecule has 29 heavy (non-hydrogen) atoms. The van der Waals surface area contributed by atoms with Gasteiger partial charge in [0.25, 0.3) is 0 Å². The van der Waals surface area contributed by atoms with Crippen LogP contribution in [0.25, 0.3) is 0 Å². The van der Waals surface area contributed by atoms with Crippen LogP contribution in [0.2, 0.25) is 0 Å². The summed E-state index contributed by atoms with van der Waals surface area (Å²) in [6.07, 6.45) is 8.16. The third-order valence-corrected chi connectivity index (χ3v) is 6.79. The molecule has 1 aromatic carbocycles. The van der Waals surface area contributed by atoms with Crippen LogP contribution < -0.4 is 0 Å². The van der Waals surface area contributed by atoms with Gasteiger partial charge in [-0.15, -0.1) is 0 Å². The zero-order valence-corrected chi connectivity index (χ0v) is 18.0. The maximum atomic E-state index is 12.6. The summed E-state index contributed by atoms with van der Waals surface area (Å²) in [4.78, 5) is 29.1. The second-order valence-electron chi connectivity index (χ2n) is 9.22. The second kappa shape index (κ2) is 9.75. The van der Waals surface area contributed by atoms with Crippen molar-refractivity contribution in [1.29, 1.82) is 0 Å². The lowest BCUT2D eigenvalue weighted by molar-refractivity contribution is -0.153. The normalized spacial score (nSPS) is 19.1. The van der Waals surface area contributed by atoms with Gasteiger partial charge in [0.15, 0.2) is 0 Å². The third kappa shape index (κ3) is 5.59. The summed E-state index contributed by atoms with van der Waals surface area (Å²) in [5, 5.41) is 9.96. The number of para-hydroxylation sites is 1. The van der Waals surface area contributed by atoms with Gasteiger partial charge in [0.05, 0.1) is 0 Å². The van der Waals surface area contributed by atoms with E-state index in [1.807, 2.05) is 18.2 Å². The summed E-state index contributed by atoms with van der Waals surface area (Å²) in [7, 11) is 0. The van der Waals surface area contributed by atoms with Crippen LogP contribution in [0.4, 0.5) is 0 Å². The van der Waals surface area contributed by atoms with Crippen LogP contribution in [0.1, 0.15) is 70.8 Å². The van der Waals surface area contributed by atoms with Gasteiger partial charge in [-0.2, -0.15) is 0 Å². The Hall–Kier alpha value is -1.88. The van der Waals surface area contributed by atoms with Crippen molar-refractivity contribution in [2.75, 3.05) is 19.6 Å². The molecule has 1 aromatic rings. The number of likely N-dealkylation sites (tertiary alicyclic amines) is 1. The zero-order valence-electron chi connectivity index (χ0n) is 18.0. The van der Waals surface area contributed by atoms with Crippen LogP contribution in [-0.4, -0.2) is 52.4 Å². The average Bonchev–Trinajstić information content (AvgIpc) is 3.11. The molecule has 0 bridgehead atoms. The lowest BCUT2D eigenvalue weighted by atomic mass is 9.76. The fraction of sp³-hybridized carbons (Fsp3) is 0.667. The summed E-state index contributed by atoms with van der Waals surface area (Å²) in [5.74, 6) is 0.449. The Morgan fingerprint density at radius 1 is 1.03 bits per heavy atom. The molecule has 1 aliphatic carbocycles. The summed E-state index contributed by atoms with van der Waals surface area (Å²) >= 11 is 0. The molecule has 0 atom stereocenters. The van der Waals surface area contributed by atoms with Crippen LogP contribution in [0.5, 0.6) is 5.75 Å². The number of amides is 2. The van der Waals surface area contributed by atoms with Crippen molar-refractivity contribution in [3.05, 3.63) is 29.8 Å². The van der Waals surface area contributed by atoms with E-state index in [1.54, 1.807) is 6.07 Å². The number of carbonyl (C=O) groups excluding carboxylic acids is 2. The molecule has 160 valence electrons. The quantitative estimate of drug-likeness (QED) is 0.500. The van der Waals surface area contributed by atoms with Crippen molar-refractivity contribution in [2.45, 2.75) is 77.7 Å². The first-order valence-electron chi connectivity index (χ1n) is 11.2. The SMILES string of the molecule is CC(C)N(CCCCN1C(=O)CC2(CCCC2)CC1=O)CCc1ccccc1O. The summed E-state index contributed by atoms with van der Waals surface area (Å²) in [5.41, 5.74) is 0.964. The second-order valence-corrected chi connectivity index (χ2v) is 9.22. The van der Waals surface area contributed by atoms with Crippen LogP contribution in [0, 0.1) is 5.41 Å². The summed E-state index contributed by atoms with van der Waals surface area (Å²) < 4.78 is 0. The molecule has 0 radical (unpaired) electrons. The van der Waals surface area contributed by atoms with Gasteiger partial charge in [0, 0.05) is 32.0 Å². The molecule has 5 nitrogen and oxygen atoms in total. The third-order valence-electron chi connectivity index (χ3n) is 6.79. The van der Waals surface area contributed by atoms with Crippen molar-refractivity contribution in [1.82, 2.24) is 9.80 Å². The Morgan fingerprint density at radius 2 is 1.69 bits per heavy atom. The molecule has 2 amide bonds. The smallest absolute Gasteiger partial charge is 0.229 e. The molecule has 5 heteroatoms. The number of nitrogens with zero attached hydrogens (tertiary/aromatic N) is 2. The van der Waals surface area contributed by atoms with Crippen molar-refractivity contribution >= 4 is 11.8 Å². The number of rotatable bonds is 9. The van der Waals surface area contributed by atoms with Gasteiger partial charge in [-0.25, -0.2) is 0 Å². The molecule has 3 rings (SSSR count). The Bertz CT molecular complexity index is 690. The predicted octanol–water partition coefficient (Wildman–Crippen LogP) is 4.13. The molecule has 1 saturated heterocycles. The molecule has 1 spiro atoms. The van der Waals surface area contributed by atoms with E-state index < -0.39 is 0 Å². The Kier molecular flexibility index (Phi) is 7.33. The molecular formula is C24H36N2O3. The highest BCUT2D eigenvalue weighted by atomic mass is 16.3. The lowest BCUT2D eigenvalue weighted by Crippen LogP contribution is -2.47. The fourth-order valence-electron chi connectivity index (χ4n) is 4.96. The zero-order chi connectivity index (χ0) is 20.9. The minimum atomic E-state index is -0.0118.